The van der Waals surface area contributed by atoms with Crippen molar-refractivity contribution in [3.8, 4) is 89.5 Å². The summed E-state index contributed by atoms with van der Waals surface area (Å²) in [5.41, 5.74) is 19.6. The molecule has 2 nitrogen and oxygen atoms in total. The third kappa shape index (κ3) is 6.54. The maximum atomic E-state index is 5.30. The van der Waals surface area contributed by atoms with Gasteiger partial charge in [0.25, 0.3) is 0 Å². The molecular formula is C59H42N2. The molecule has 1 aliphatic rings. The largest absolute Gasteiger partial charge is 0.228 e. The van der Waals surface area contributed by atoms with Crippen molar-refractivity contribution < 1.29 is 0 Å². The van der Waals surface area contributed by atoms with E-state index in [-0.39, 0.29) is 5.41 Å². The van der Waals surface area contributed by atoms with E-state index in [0.717, 1.165) is 39.2 Å². The molecule has 0 N–H and O–H groups in total. The molecule has 0 saturated carbocycles. The van der Waals surface area contributed by atoms with E-state index >= 15 is 0 Å². The molecular weight excluding hydrogens is 737 g/mol. The molecule has 0 fully saturated rings. The van der Waals surface area contributed by atoms with Gasteiger partial charge < -0.3 is 0 Å². The third-order valence-corrected chi connectivity index (χ3v) is 12.5. The molecule has 0 aliphatic heterocycles. The summed E-state index contributed by atoms with van der Waals surface area (Å²) >= 11 is 0. The van der Waals surface area contributed by atoms with Gasteiger partial charge in [-0.25, -0.2) is 9.97 Å². The molecule has 0 atom stereocenters. The van der Waals surface area contributed by atoms with Crippen molar-refractivity contribution in [2.24, 2.45) is 0 Å². The molecule has 0 bridgehead atoms. The highest BCUT2D eigenvalue weighted by Crippen LogP contribution is 2.53. The maximum Gasteiger partial charge on any atom is 0.161 e. The SMILES string of the molecule is CC1(C)c2cc3ccccc3cc2-c2c(-c3ccc(-c4ccccc4-c4nc(-c5ccc(-c6ccccc6)cc5)cc(-c5ccc(-c6ccccc6)cc5)n4)cc3)cccc21. The lowest BCUT2D eigenvalue weighted by Crippen LogP contribution is -2.14. The van der Waals surface area contributed by atoms with Gasteiger partial charge in [0.1, 0.15) is 0 Å². The quantitative estimate of drug-likeness (QED) is 0.161. The highest BCUT2D eigenvalue weighted by atomic mass is 14.9. The molecule has 1 aliphatic carbocycles. The Kier molecular flexibility index (Phi) is 8.86. The van der Waals surface area contributed by atoms with Gasteiger partial charge in [-0.3, -0.25) is 0 Å². The molecule has 288 valence electrons. The molecule has 0 amide bonds. The Labute approximate surface area is 357 Å². The number of rotatable bonds is 7. The second-order valence-corrected chi connectivity index (χ2v) is 16.6. The van der Waals surface area contributed by atoms with Crippen LogP contribution >= 0.6 is 0 Å². The van der Waals surface area contributed by atoms with Crippen molar-refractivity contribution in [2.75, 3.05) is 0 Å². The number of aromatic nitrogens is 2. The van der Waals surface area contributed by atoms with Crippen LogP contribution < -0.4 is 0 Å². The molecule has 1 heterocycles. The van der Waals surface area contributed by atoms with Gasteiger partial charge in [0.15, 0.2) is 5.82 Å². The van der Waals surface area contributed by atoms with Gasteiger partial charge in [-0.05, 0) is 95.7 Å². The molecule has 61 heavy (non-hydrogen) atoms. The van der Waals surface area contributed by atoms with Gasteiger partial charge >= 0.3 is 0 Å². The summed E-state index contributed by atoms with van der Waals surface area (Å²) < 4.78 is 0. The number of benzene rings is 9. The predicted molar refractivity (Wildman–Crippen MR) is 255 cm³/mol. The highest BCUT2D eigenvalue weighted by Gasteiger charge is 2.37. The Morgan fingerprint density at radius 3 is 1.30 bits per heavy atom. The van der Waals surface area contributed by atoms with Crippen LogP contribution in [0.25, 0.3) is 100 Å². The van der Waals surface area contributed by atoms with Crippen LogP contribution in [0, 0.1) is 0 Å². The van der Waals surface area contributed by atoms with Crippen molar-refractivity contribution in [2.45, 2.75) is 19.3 Å². The second-order valence-electron chi connectivity index (χ2n) is 16.6. The monoisotopic (exact) mass is 778 g/mol. The molecule has 11 rings (SSSR count). The third-order valence-electron chi connectivity index (χ3n) is 12.5. The summed E-state index contributed by atoms with van der Waals surface area (Å²) in [4.78, 5) is 10.6. The number of hydrogen-bond donors (Lipinski definition) is 0. The first-order valence-electron chi connectivity index (χ1n) is 21.1. The van der Waals surface area contributed by atoms with Crippen molar-refractivity contribution >= 4 is 10.8 Å². The number of fused-ring (bicyclic) bond motifs is 4. The van der Waals surface area contributed by atoms with E-state index in [1.807, 2.05) is 0 Å². The molecule has 1 aromatic heterocycles. The Morgan fingerprint density at radius 1 is 0.295 bits per heavy atom. The molecule has 10 aromatic rings. The maximum absolute atomic E-state index is 5.30. The number of hydrogen-bond acceptors (Lipinski definition) is 2. The van der Waals surface area contributed by atoms with Gasteiger partial charge in [-0.15, -0.1) is 0 Å². The lowest BCUT2D eigenvalue weighted by atomic mass is 9.81. The van der Waals surface area contributed by atoms with Crippen LogP contribution in [-0.2, 0) is 5.41 Å². The topological polar surface area (TPSA) is 25.8 Å². The number of nitrogens with zero attached hydrogens (tertiary/aromatic N) is 2. The smallest absolute Gasteiger partial charge is 0.161 e. The van der Waals surface area contributed by atoms with Crippen molar-refractivity contribution in [1.29, 1.82) is 0 Å². The summed E-state index contributed by atoms with van der Waals surface area (Å²) in [6, 6.07) is 78.4. The molecule has 0 radical (unpaired) electrons. The zero-order chi connectivity index (χ0) is 40.9. The van der Waals surface area contributed by atoms with E-state index < -0.39 is 0 Å². The molecule has 0 saturated heterocycles. The predicted octanol–water partition coefficient (Wildman–Crippen LogP) is 15.6. The van der Waals surface area contributed by atoms with Crippen LogP contribution in [0.15, 0.2) is 218 Å². The van der Waals surface area contributed by atoms with Gasteiger partial charge in [0, 0.05) is 22.1 Å². The van der Waals surface area contributed by atoms with Crippen LogP contribution in [0.4, 0.5) is 0 Å². The van der Waals surface area contributed by atoms with E-state index in [2.05, 4.69) is 232 Å². The summed E-state index contributed by atoms with van der Waals surface area (Å²) in [5.74, 6) is 0.693. The average molecular weight is 779 g/mol. The van der Waals surface area contributed by atoms with Crippen LogP contribution in [-0.4, -0.2) is 9.97 Å². The van der Waals surface area contributed by atoms with E-state index in [9.17, 15) is 0 Å². The Morgan fingerprint density at radius 2 is 0.721 bits per heavy atom. The van der Waals surface area contributed by atoms with Crippen molar-refractivity contribution in [1.82, 2.24) is 9.97 Å². The minimum absolute atomic E-state index is 0.0924. The first-order valence-corrected chi connectivity index (χ1v) is 21.1. The standard InChI is InChI=1S/C59H42N2/c1-59(2)53-23-13-22-50(57(53)52-36-47-18-9-10-19-48(47)37-54(52)59)44-30-28-43(29-31-44)49-20-11-12-21-51(49)58-60-55(45-32-24-41(25-33-45)39-14-5-3-6-15-39)38-56(61-58)46-34-26-42(27-35-46)40-16-7-4-8-17-40/h3-38H,1-2H3. The van der Waals surface area contributed by atoms with E-state index in [1.54, 1.807) is 0 Å². The summed E-state index contributed by atoms with van der Waals surface area (Å²) in [7, 11) is 0. The van der Waals surface area contributed by atoms with Crippen LogP contribution in [0.2, 0.25) is 0 Å². The molecule has 0 spiro atoms. The Balaban J connectivity index is 0.994. The van der Waals surface area contributed by atoms with Gasteiger partial charge in [0.05, 0.1) is 11.4 Å². The van der Waals surface area contributed by atoms with Crippen molar-refractivity contribution in [3.05, 3.63) is 230 Å². The van der Waals surface area contributed by atoms with Crippen molar-refractivity contribution in [3.63, 3.8) is 0 Å². The highest BCUT2D eigenvalue weighted by molar-refractivity contribution is 5.99. The summed E-state index contributed by atoms with van der Waals surface area (Å²) in [5, 5.41) is 2.56. The lowest BCUT2D eigenvalue weighted by Gasteiger charge is -2.22. The Hall–Kier alpha value is -7.68. The van der Waals surface area contributed by atoms with E-state index in [0.29, 0.717) is 5.82 Å². The second kappa shape index (κ2) is 14.9. The van der Waals surface area contributed by atoms with Gasteiger partial charge in [0.2, 0.25) is 0 Å². The fourth-order valence-corrected chi connectivity index (χ4v) is 9.26. The zero-order valence-electron chi connectivity index (χ0n) is 34.2. The fourth-order valence-electron chi connectivity index (χ4n) is 9.26. The first-order chi connectivity index (χ1) is 30.0. The summed E-state index contributed by atoms with van der Waals surface area (Å²) in [6.45, 7) is 4.72. The van der Waals surface area contributed by atoms with Gasteiger partial charge in [-0.2, -0.15) is 0 Å². The Bertz CT molecular complexity index is 3120. The fraction of sp³-hybridized carbons (Fsp3) is 0.0508. The molecule has 2 heteroatoms. The minimum Gasteiger partial charge on any atom is -0.228 e. The lowest BCUT2D eigenvalue weighted by molar-refractivity contribution is 0.661. The van der Waals surface area contributed by atoms with Crippen LogP contribution in [0.1, 0.15) is 25.0 Å². The average Bonchev–Trinajstić information content (AvgIpc) is 3.56. The zero-order valence-corrected chi connectivity index (χ0v) is 34.2. The molecule has 9 aromatic carbocycles. The summed E-state index contributed by atoms with van der Waals surface area (Å²) in [6.07, 6.45) is 0. The van der Waals surface area contributed by atoms with E-state index in [1.165, 1.54) is 66.4 Å². The van der Waals surface area contributed by atoms with Crippen LogP contribution in [0.5, 0.6) is 0 Å². The molecule has 0 unspecified atom stereocenters. The first kappa shape index (κ1) is 36.4. The van der Waals surface area contributed by atoms with Gasteiger partial charge in [-0.1, -0.05) is 214 Å². The minimum atomic E-state index is -0.0924. The van der Waals surface area contributed by atoms with Crippen LogP contribution in [0.3, 0.4) is 0 Å². The normalized spacial score (nSPS) is 12.6. The van der Waals surface area contributed by atoms with E-state index in [4.69, 9.17) is 9.97 Å².